The first-order valence-corrected chi connectivity index (χ1v) is 6.76. The lowest BCUT2D eigenvalue weighted by molar-refractivity contribution is -0.128. The monoisotopic (exact) mass is 267 g/mol. The quantitative estimate of drug-likeness (QED) is 0.695. The molecule has 1 aliphatic carbocycles. The number of rotatable bonds is 7. The van der Waals surface area contributed by atoms with Crippen LogP contribution >= 0.6 is 0 Å². The van der Waals surface area contributed by atoms with Gasteiger partial charge in [0.1, 0.15) is 11.6 Å². The number of carbonyl (C=O) groups is 1. The van der Waals surface area contributed by atoms with Crippen molar-refractivity contribution >= 4 is 5.91 Å². The van der Waals surface area contributed by atoms with Crippen molar-refractivity contribution in [3.05, 3.63) is 24.3 Å². The van der Waals surface area contributed by atoms with Crippen molar-refractivity contribution in [2.75, 3.05) is 33.3 Å². The number of methoxy groups -OCH3 is 1. The summed E-state index contributed by atoms with van der Waals surface area (Å²) >= 11 is 0. The summed E-state index contributed by atoms with van der Waals surface area (Å²) in [5.41, 5.74) is 5.03. The van der Waals surface area contributed by atoms with Crippen LogP contribution in [0.15, 0.2) is 24.3 Å². The molecule has 108 valence electrons. The van der Waals surface area contributed by atoms with Crippen molar-refractivity contribution < 1.29 is 9.53 Å². The summed E-state index contributed by atoms with van der Waals surface area (Å²) in [5, 5.41) is 2.89. The van der Waals surface area contributed by atoms with Crippen molar-refractivity contribution in [2.45, 2.75) is 25.5 Å². The second-order valence-corrected chi connectivity index (χ2v) is 4.62. The molecule has 0 spiro atoms. The van der Waals surface area contributed by atoms with Crippen LogP contribution in [-0.2, 0) is 9.53 Å². The van der Waals surface area contributed by atoms with Crippen LogP contribution in [0.25, 0.3) is 0 Å². The lowest BCUT2D eigenvalue weighted by Crippen LogP contribution is -2.61. The predicted molar refractivity (Wildman–Crippen MR) is 76.8 cm³/mol. The van der Waals surface area contributed by atoms with Crippen LogP contribution in [0.3, 0.4) is 0 Å². The van der Waals surface area contributed by atoms with E-state index in [0.717, 1.165) is 19.6 Å². The molecule has 2 atom stereocenters. The first-order chi connectivity index (χ1) is 9.08. The minimum absolute atomic E-state index is 0.202. The fourth-order valence-corrected chi connectivity index (χ4v) is 2.13. The molecular formula is C14H25N3O2. The zero-order valence-corrected chi connectivity index (χ0v) is 12.1. The van der Waals surface area contributed by atoms with E-state index in [2.05, 4.69) is 24.1 Å². The lowest BCUT2D eigenvalue weighted by atomic mass is 9.88. The Hall–Kier alpha value is -1.17. The van der Waals surface area contributed by atoms with Crippen LogP contribution in [0.2, 0.25) is 0 Å². The average molecular weight is 267 g/mol. The Labute approximate surface area is 115 Å². The summed E-state index contributed by atoms with van der Waals surface area (Å²) in [6, 6.07) is 0. The number of likely N-dealkylation sites (N-methyl/N-ethyl adjacent to an activating group) is 1. The molecular weight excluding hydrogens is 242 g/mol. The number of amides is 1. The van der Waals surface area contributed by atoms with E-state index in [-0.39, 0.29) is 5.91 Å². The van der Waals surface area contributed by atoms with E-state index in [9.17, 15) is 4.79 Å². The van der Waals surface area contributed by atoms with Gasteiger partial charge in [-0.1, -0.05) is 38.2 Å². The number of allylic oxidation sites excluding steroid dienone is 2. The maximum absolute atomic E-state index is 12.2. The second kappa shape index (κ2) is 7.43. The van der Waals surface area contributed by atoms with E-state index in [4.69, 9.17) is 10.5 Å². The molecule has 5 heteroatoms. The number of nitrogens with zero attached hydrogens (tertiary/aromatic N) is 1. The number of hydrogen-bond donors (Lipinski definition) is 2. The van der Waals surface area contributed by atoms with E-state index < -0.39 is 11.6 Å². The Kier molecular flexibility index (Phi) is 6.21. The summed E-state index contributed by atoms with van der Waals surface area (Å²) < 4.78 is 5.26. The van der Waals surface area contributed by atoms with Gasteiger partial charge in [0.25, 0.3) is 0 Å². The normalized spacial score (nSPS) is 25.8. The summed E-state index contributed by atoms with van der Waals surface area (Å²) in [4.78, 5) is 14.5. The van der Waals surface area contributed by atoms with Crippen molar-refractivity contribution in [2.24, 2.45) is 5.73 Å². The van der Waals surface area contributed by atoms with Gasteiger partial charge < -0.3 is 20.7 Å². The fourth-order valence-electron chi connectivity index (χ4n) is 2.13. The number of nitrogens with two attached hydrogens (primary N) is 1. The highest BCUT2D eigenvalue weighted by Crippen LogP contribution is 2.18. The highest BCUT2D eigenvalue weighted by Gasteiger charge is 2.39. The molecule has 5 nitrogen and oxygen atoms in total. The lowest BCUT2D eigenvalue weighted by Gasteiger charge is -2.32. The molecule has 0 aromatic rings. The molecule has 1 amide bonds. The van der Waals surface area contributed by atoms with Gasteiger partial charge in [-0.3, -0.25) is 4.79 Å². The van der Waals surface area contributed by atoms with Crippen molar-refractivity contribution in [1.29, 1.82) is 0 Å². The zero-order valence-electron chi connectivity index (χ0n) is 12.1. The third-order valence-electron chi connectivity index (χ3n) is 3.50. The summed E-state index contributed by atoms with van der Waals surface area (Å²) in [6.07, 6.45) is 6.67. The van der Waals surface area contributed by atoms with Gasteiger partial charge in [0.15, 0.2) is 0 Å². The molecule has 0 aromatic carbocycles. The Balaban J connectivity index is 2.52. The van der Waals surface area contributed by atoms with Crippen molar-refractivity contribution in [1.82, 2.24) is 10.2 Å². The van der Waals surface area contributed by atoms with E-state index in [1.54, 1.807) is 25.3 Å². The van der Waals surface area contributed by atoms with E-state index in [1.165, 1.54) is 0 Å². The maximum Gasteiger partial charge on any atom is 0.247 e. The molecule has 1 aliphatic rings. The molecule has 1 rings (SSSR count). The van der Waals surface area contributed by atoms with Gasteiger partial charge >= 0.3 is 0 Å². The fraction of sp³-hybridized carbons (Fsp3) is 0.643. The predicted octanol–water partition coefficient (Wildman–Crippen LogP) is 0.283. The van der Waals surface area contributed by atoms with Gasteiger partial charge in [0, 0.05) is 20.2 Å². The van der Waals surface area contributed by atoms with Crippen LogP contribution in [0, 0.1) is 0 Å². The van der Waals surface area contributed by atoms with E-state index in [1.807, 2.05) is 6.08 Å². The third kappa shape index (κ3) is 3.89. The van der Waals surface area contributed by atoms with Crippen LogP contribution in [0.5, 0.6) is 0 Å². The summed E-state index contributed by atoms with van der Waals surface area (Å²) in [5.74, 6) is -0.202. The van der Waals surface area contributed by atoms with E-state index >= 15 is 0 Å². The SMILES string of the molecule is CCN(CC)CCNC(=O)C1(N)C=CC=CC1OC. The Morgan fingerprint density at radius 1 is 1.42 bits per heavy atom. The Bertz CT molecular complexity index is 351. The van der Waals surface area contributed by atoms with Crippen molar-refractivity contribution in [3.8, 4) is 0 Å². The molecule has 0 fully saturated rings. The average Bonchev–Trinajstić information content (AvgIpc) is 2.43. The molecule has 0 saturated heterocycles. The Morgan fingerprint density at radius 3 is 2.68 bits per heavy atom. The summed E-state index contributed by atoms with van der Waals surface area (Å²) in [6.45, 7) is 7.57. The van der Waals surface area contributed by atoms with E-state index in [0.29, 0.717) is 6.54 Å². The minimum Gasteiger partial charge on any atom is -0.375 e. The molecule has 0 radical (unpaired) electrons. The van der Waals surface area contributed by atoms with Crippen LogP contribution in [0.1, 0.15) is 13.8 Å². The maximum atomic E-state index is 12.2. The first kappa shape index (κ1) is 15.9. The van der Waals surface area contributed by atoms with Crippen LogP contribution < -0.4 is 11.1 Å². The highest BCUT2D eigenvalue weighted by atomic mass is 16.5. The zero-order chi connectivity index (χ0) is 14.3. The Morgan fingerprint density at radius 2 is 2.11 bits per heavy atom. The molecule has 19 heavy (non-hydrogen) atoms. The number of ether oxygens (including phenoxy) is 1. The van der Waals surface area contributed by atoms with Gasteiger partial charge in [-0.05, 0) is 13.1 Å². The third-order valence-corrected chi connectivity index (χ3v) is 3.50. The number of carbonyl (C=O) groups excluding carboxylic acids is 1. The van der Waals surface area contributed by atoms with Gasteiger partial charge in [-0.2, -0.15) is 0 Å². The smallest absolute Gasteiger partial charge is 0.247 e. The minimum atomic E-state index is -1.12. The highest BCUT2D eigenvalue weighted by molar-refractivity contribution is 5.90. The molecule has 0 saturated carbocycles. The largest absolute Gasteiger partial charge is 0.375 e. The second-order valence-electron chi connectivity index (χ2n) is 4.62. The van der Waals surface area contributed by atoms with Crippen LogP contribution in [-0.4, -0.2) is 55.7 Å². The van der Waals surface area contributed by atoms with Gasteiger partial charge in [-0.25, -0.2) is 0 Å². The number of nitrogens with one attached hydrogen (secondary N) is 1. The standard InChI is InChI=1S/C14H25N3O2/c1-4-17(5-2)11-10-16-13(18)14(15)9-7-6-8-12(14)19-3/h6-9,12H,4-5,10-11,15H2,1-3H3,(H,16,18). The van der Waals surface area contributed by atoms with Crippen molar-refractivity contribution in [3.63, 3.8) is 0 Å². The molecule has 3 N–H and O–H groups in total. The van der Waals surface area contributed by atoms with Gasteiger partial charge in [0.05, 0.1) is 0 Å². The molecule has 0 aromatic heterocycles. The van der Waals surface area contributed by atoms with Crippen LogP contribution in [0.4, 0.5) is 0 Å². The number of hydrogen-bond acceptors (Lipinski definition) is 4. The molecule has 2 unspecified atom stereocenters. The van der Waals surface area contributed by atoms with Gasteiger partial charge in [-0.15, -0.1) is 0 Å². The van der Waals surface area contributed by atoms with Gasteiger partial charge in [0.2, 0.25) is 5.91 Å². The summed E-state index contributed by atoms with van der Waals surface area (Å²) in [7, 11) is 1.55. The molecule has 0 heterocycles. The molecule has 0 bridgehead atoms. The molecule has 0 aliphatic heterocycles. The topological polar surface area (TPSA) is 67.6 Å². The first-order valence-electron chi connectivity index (χ1n) is 6.76.